The Balaban J connectivity index is 2.15. The molecule has 22 heavy (non-hydrogen) atoms. The van der Waals surface area contributed by atoms with Crippen LogP contribution < -0.4 is 0 Å². The molecule has 118 valence electrons. The molecule has 0 N–H and O–H groups in total. The van der Waals surface area contributed by atoms with Crippen molar-refractivity contribution in [3.05, 3.63) is 54.1 Å². The summed E-state index contributed by atoms with van der Waals surface area (Å²) in [7, 11) is -1.65. The van der Waals surface area contributed by atoms with Gasteiger partial charge in [-0.3, -0.25) is 0 Å². The highest BCUT2D eigenvalue weighted by molar-refractivity contribution is 7.91. The van der Waals surface area contributed by atoms with Crippen LogP contribution in [0, 0.1) is 0 Å². The summed E-state index contributed by atoms with van der Waals surface area (Å²) in [5.41, 5.74) is 3.42. The van der Waals surface area contributed by atoms with Gasteiger partial charge in [-0.2, -0.15) is 0 Å². The number of rotatable bonds is 7. The molecular formula is C18H22O3S. The van der Waals surface area contributed by atoms with Crippen LogP contribution in [0.2, 0.25) is 0 Å². The number of methoxy groups -OCH3 is 1. The molecule has 4 heteroatoms. The molecule has 0 fully saturated rings. The van der Waals surface area contributed by atoms with E-state index in [0.717, 1.165) is 17.5 Å². The molecule has 0 heterocycles. The fourth-order valence-corrected chi connectivity index (χ4v) is 3.58. The number of hydrogen-bond acceptors (Lipinski definition) is 3. The monoisotopic (exact) mass is 318 g/mol. The summed E-state index contributed by atoms with van der Waals surface area (Å²) in [5, 5.41) is 0. The van der Waals surface area contributed by atoms with Crippen molar-refractivity contribution in [1.29, 1.82) is 0 Å². The van der Waals surface area contributed by atoms with E-state index in [1.165, 1.54) is 5.56 Å². The molecule has 0 saturated carbocycles. The van der Waals surface area contributed by atoms with Gasteiger partial charge in [0, 0.05) is 13.7 Å². The fraction of sp³-hybridized carbons (Fsp3) is 0.333. The summed E-state index contributed by atoms with van der Waals surface area (Å²) in [6.07, 6.45) is 1.53. The zero-order valence-electron chi connectivity index (χ0n) is 13.1. The fourth-order valence-electron chi connectivity index (χ4n) is 2.30. The maximum atomic E-state index is 12.2. The minimum Gasteiger partial charge on any atom is -0.385 e. The van der Waals surface area contributed by atoms with E-state index in [0.29, 0.717) is 17.9 Å². The molecular weight excluding hydrogens is 296 g/mol. The van der Waals surface area contributed by atoms with E-state index < -0.39 is 9.84 Å². The highest BCUT2D eigenvalue weighted by atomic mass is 32.2. The van der Waals surface area contributed by atoms with Gasteiger partial charge in [-0.05, 0) is 41.7 Å². The summed E-state index contributed by atoms with van der Waals surface area (Å²) >= 11 is 0. The molecule has 0 aliphatic rings. The van der Waals surface area contributed by atoms with E-state index in [4.69, 9.17) is 4.74 Å². The van der Waals surface area contributed by atoms with Gasteiger partial charge in [-0.25, -0.2) is 8.42 Å². The Morgan fingerprint density at radius 1 is 0.909 bits per heavy atom. The quantitative estimate of drug-likeness (QED) is 0.731. The van der Waals surface area contributed by atoms with E-state index in [1.807, 2.05) is 12.1 Å². The molecule has 0 atom stereocenters. The molecule has 0 amide bonds. The van der Waals surface area contributed by atoms with Crippen molar-refractivity contribution in [1.82, 2.24) is 0 Å². The second-order valence-corrected chi connectivity index (χ2v) is 7.35. The first-order valence-corrected chi connectivity index (χ1v) is 9.13. The van der Waals surface area contributed by atoms with Gasteiger partial charge in [-0.1, -0.05) is 43.3 Å². The Hall–Kier alpha value is -1.65. The molecule has 0 unspecified atom stereocenters. The van der Waals surface area contributed by atoms with E-state index in [9.17, 15) is 8.42 Å². The van der Waals surface area contributed by atoms with Crippen molar-refractivity contribution < 1.29 is 13.2 Å². The molecule has 0 aromatic heterocycles. The minimum atomic E-state index is -3.22. The second kappa shape index (κ2) is 7.56. The zero-order chi connectivity index (χ0) is 16.0. The Kier molecular flexibility index (Phi) is 5.75. The standard InChI is InChI=1S/C18H22O3S/c1-3-15-5-7-16(8-6-15)17-9-11-18(12-10-17)22(19,20)14-4-13-21-2/h5-12H,3-4,13-14H2,1-2H3. The average molecular weight is 318 g/mol. The number of benzene rings is 2. The van der Waals surface area contributed by atoms with Crippen LogP contribution in [-0.4, -0.2) is 27.9 Å². The first kappa shape index (κ1) is 16.7. The third kappa shape index (κ3) is 4.18. The topological polar surface area (TPSA) is 43.4 Å². The molecule has 2 aromatic rings. The smallest absolute Gasteiger partial charge is 0.178 e. The summed E-state index contributed by atoms with van der Waals surface area (Å²) in [4.78, 5) is 0.373. The van der Waals surface area contributed by atoms with Crippen LogP contribution in [0.5, 0.6) is 0 Å². The third-order valence-corrected chi connectivity index (χ3v) is 5.49. The molecule has 0 bridgehead atoms. The zero-order valence-corrected chi connectivity index (χ0v) is 13.9. The van der Waals surface area contributed by atoms with Gasteiger partial charge >= 0.3 is 0 Å². The third-order valence-electron chi connectivity index (χ3n) is 3.67. The van der Waals surface area contributed by atoms with E-state index >= 15 is 0 Å². The highest BCUT2D eigenvalue weighted by Crippen LogP contribution is 2.22. The second-order valence-electron chi connectivity index (χ2n) is 5.24. The molecule has 3 nitrogen and oxygen atoms in total. The highest BCUT2D eigenvalue weighted by Gasteiger charge is 2.13. The number of sulfone groups is 1. The number of ether oxygens (including phenoxy) is 1. The van der Waals surface area contributed by atoms with Gasteiger partial charge in [0.15, 0.2) is 9.84 Å². The van der Waals surface area contributed by atoms with Gasteiger partial charge in [0.05, 0.1) is 10.6 Å². The van der Waals surface area contributed by atoms with Gasteiger partial charge in [0.25, 0.3) is 0 Å². The summed E-state index contributed by atoms with van der Waals surface area (Å²) in [6.45, 7) is 2.58. The van der Waals surface area contributed by atoms with Crippen LogP contribution in [0.1, 0.15) is 18.9 Å². The lowest BCUT2D eigenvalue weighted by molar-refractivity contribution is 0.199. The van der Waals surface area contributed by atoms with Crippen LogP contribution in [0.15, 0.2) is 53.4 Å². The van der Waals surface area contributed by atoms with Crippen molar-refractivity contribution in [3.8, 4) is 11.1 Å². The van der Waals surface area contributed by atoms with Gasteiger partial charge < -0.3 is 4.74 Å². The van der Waals surface area contributed by atoms with E-state index in [-0.39, 0.29) is 5.75 Å². The maximum absolute atomic E-state index is 12.2. The first-order chi connectivity index (χ1) is 10.6. The van der Waals surface area contributed by atoms with Crippen LogP contribution in [0.3, 0.4) is 0 Å². The molecule has 0 spiro atoms. The van der Waals surface area contributed by atoms with Crippen molar-refractivity contribution in [2.24, 2.45) is 0 Å². The lowest BCUT2D eigenvalue weighted by Crippen LogP contribution is -2.08. The summed E-state index contributed by atoms with van der Waals surface area (Å²) in [5.74, 6) is 0.116. The predicted octanol–water partition coefficient (Wildman–Crippen LogP) is 3.73. The normalized spacial score (nSPS) is 11.5. The van der Waals surface area contributed by atoms with Crippen LogP contribution >= 0.6 is 0 Å². The maximum Gasteiger partial charge on any atom is 0.178 e. The Bertz CT molecular complexity index is 686. The molecule has 0 radical (unpaired) electrons. The lowest BCUT2D eigenvalue weighted by atomic mass is 10.0. The average Bonchev–Trinajstić information content (AvgIpc) is 2.55. The number of aryl methyl sites for hydroxylation is 1. The molecule has 2 aromatic carbocycles. The Morgan fingerprint density at radius 2 is 1.45 bits per heavy atom. The van der Waals surface area contributed by atoms with Gasteiger partial charge in [0.1, 0.15) is 0 Å². The summed E-state index contributed by atoms with van der Waals surface area (Å²) < 4.78 is 29.3. The van der Waals surface area contributed by atoms with Gasteiger partial charge in [0.2, 0.25) is 0 Å². The SMILES string of the molecule is CCc1ccc(-c2ccc(S(=O)(=O)CCCOC)cc2)cc1. The molecule has 0 saturated heterocycles. The summed E-state index contributed by atoms with van der Waals surface area (Å²) in [6, 6.07) is 15.4. The minimum absolute atomic E-state index is 0.116. The Morgan fingerprint density at radius 3 is 1.95 bits per heavy atom. The van der Waals surface area contributed by atoms with Crippen molar-refractivity contribution in [3.63, 3.8) is 0 Å². The van der Waals surface area contributed by atoms with Crippen molar-refractivity contribution >= 4 is 9.84 Å². The largest absolute Gasteiger partial charge is 0.385 e. The van der Waals surface area contributed by atoms with E-state index in [2.05, 4.69) is 31.2 Å². The predicted molar refractivity (Wildman–Crippen MR) is 89.8 cm³/mol. The molecule has 2 rings (SSSR count). The van der Waals surface area contributed by atoms with Crippen LogP contribution in [0.4, 0.5) is 0 Å². The molecule has 0 aliphatic heterocycles. The number of hydrogen-bond donors (Lipinski definition) is 0. The molecule has 0 aliphatic carbocycles. The van der Waals surface area contributed by atoms with Crippen molar-refractivity contribution in [2.75, 3.05) is 19.5 Å². The first-order valence-electron chi connectivity index (χ1n) is 7.48. The van der Waals surface area contributed by atoms with Crippen LogP contribution in [0.25, 0.3) is 11.1 Å². The lowest BCUT2D eigenvalue weighted by Gasteiger charge is -2.07. The van der Waals surface area contributed by atoms with Crippen LogP contribution in [-0.2, 0) is 21.0 Å². The Labute approximate surface area is 132 Å². The van der Waals surface area contributed by atoms with E-state index in [1.54, 1.807) is 19.2 Å². The van der Waals surface area contributed by atoms with Gasteiger partial charge in [-0.15, -0.1) is 0 Å². The van der Waals surface area contributed by atoms with Crippen molar-refractivity contribution in [2.45, 2.75) is 24.7 Å².